The minimum Gasteiger partial charge on any atom is -0.398 e. The van der Waals surface area contributed by atoms with Crippen LogP contribution in [0.2, 0.25) is 0 Å². The van der Waals surface area contributed by atoms with E-state index in [0.29, 0.717) is 17.8 Å². The molecule has 0 radical (unpaired) electrons. The molecular weight excluding hydrogens is 230 g/mol. The summed E-state index contributed by atoms with van der Waals surface area (Å²) in [7, 11) is 1.77. The third-order valence-electron chi connectivity index (χ3n) is 3.15. The maximum absolute atomic E-state index is 12.2. The Kier molecular flexibility index (Phi) is 3.81. The molecule has 1 aromatic heterocycles. The predicted octanol–water partition coefficient (Wildman–Crippen LogP) is 1.22. The normalized spacial score (nSPS) is 18.9. The van der Waals surface area contributed by atoms with Crippen molar-refractivity contribution in [2.24, 2.45) is 0 Å². The van der Waals surface area contributed by atoms with Gasteiger partial charge in [-0.2, -0.15) is 0 Å². The van der Waals surface area contributed by atoms with Crippen LogP contribution in [0.1, 0.15) is 28.9 Å². The van der Waals surface area contributed by atoms with Crippen molar-refractivity contribution in [3.05, 3.63) is 23.5 Å². The predicted molar refractivity (Wildman–Crippen MR) is 69.3 cm³/mol. The SMILES string of the molecule is Cc1cc(N)c(C(=O)N(C)CC2CCCO2)cn1. The summed E-state index contributed by atoms with van der Waals surface area (Å²) in [4.78, 5) is 18.0. The molecule has 2 rings (SSSR count). The molecule has 1 saturated heterocycles. The van der Waals surface area contributed by atoms with Gasteiger partial charge in [-0.15, -0.1) is 0 Å². The van der Waals surface area contributed by atoms with Gasteiger partial charge in [-0.05, 0) is 25.8 Å². The molecule has 0 aromatic carbocycles. The third-order valence-corrected chi connectivity index (χ3v) is 3.15. The quantitative estimate of drug-likeness (QED) is 0.874. The van der Waals surface area contributed by atoms with Crippen LogP contribution in [0.5, 0.6) is 0 Å². The number of ether oxygens (including phenoxy) is 1. The zero-order valence-electron chi connectivity index (χ0n) is 10.8. The van der Waals surface area contributed by atoms with E-state index >= 15 is 0 Å². The number of nitrogens with two attached hydrogens (primary N) is 1. The first-order valence-corrected chi connectivity index (χ1v) is 6.17. The number of carbonyl (C=O) groups is 1. The summed E-state index contributed by atoms with van der Waals surface area (Å²) >= 11 is 0. The fourth-order valence-electron chi connectivity index (χ4n) is 2.14. The van der Waals surface area contributed by atoms with Crippen LogP contribution in [0.25, 0.3) is 0 Å². The fourth-order valence-corrected chi connectivity index (χ4v) is 2.14. The van der Waals surface area contributed by atoms with Gasteiger partial charge in [0, 0.05) is 37.8 Å². The molecule has 0 saturated carbocycles. The molecule has 1 atom stereocenters. The van der Waals surface area contributed by atoms with Crippen molar-refractivity contribution in [1.29, 1.82) is 0 Å². The Morgan fingerprint density at radius 1 is 1.67 bits per heavy atom. The van der Waals surface area contributed by atoms with Crippen molar-refractivity contribution in [1.82, 2.24) is 9.88 Å². The van der Waals surface area contributed by atoms with Gasteiger partial charge in [-0.1, -0.05) is 0 Å². The summed E-state index contributed by atoms with van der Waals surface area (Å²) in [6, 6.07) is 1.72. The zero-order chi connectivity index (χ0) is 13.1. The molecule has 98 valence electrons. The van der Waals surface area contributed by atoms with Crippen LogP contribution < -0.4 is 5.73 Å². The highest BCUT2D eigenvalue weighted by Crippen LogP contribution is 2.16. The molecule has 0 spiro atoms. The van der Waals surface area contributed by atoms with Gasteiger partial charge in [-0.25, -0.2) is 0 Å². The van der Waals surface area contributed by atoms with Crippen LogP contribution in [0, 0.1) is 6.92 Å². The van der Waals surface area contributed by atoms with E-state index < -0.39 is 0 Å². The van der Waals surface area contributed by atoms with Crippen LogP contribution in [0.4, 0.5) is 5.69 Å². The topological polar surface area (TPSA) is 68.5 Å². The maximum Gasteiger partial charge on any atom is 0.257 e. The van der Waals surface area contributed by atoms with Crippen LogP contribution in [0.15, 0.2) is 12.3 Å². The van der Waals surface area contributed by atoms with E-state index in [9.17, 15) is 4.79 Å². The fraction of sp³-hybridized carbons (Fsp3) is 0.538. The van der Waals surface area contributed by atoms with E-state index in [-0.39, 0.29) is 12.0 Å². The molecule has 0 aliphatic carbocycles. The summed E-state index contributed by atoms with van der Waals surface area (Å²) in [6.45, 7) is 3.24. The minimum atomic E-state index is -0.101. The molecule has 18 heavy (non-hydrogen) atoms. The Morgan fingerprint density at radius 2 is 2.44 bits per heavy atom. The number of amides is 1. The number of aryl methyl sites for hydroxylation is 1. The second-order valence-corrected chi connectivity index (χ2v) is 4.73. The van der Waals surface area contributed by atoms with E-state index in [1.165, 1.54) is 0 Å². The lowest BCUT2D eigenvalue weighted by Crippen LogP contribution is -2.34. The van der Waals surface area contributed by atoms with Gasteiger partial charge < -0.3 is 15.4 Å². The molecule has 2 N–H and O–H groups in total. The number of nitrogens with zero attached hydrogens (tertiary/aromatic N) is 2. The van der Waals surface area contributed by atoms with E-state index in [4.69, 9.17) is 10.5 Å². The number of hydrogen-bond acceptors (Lipinski definition) is 4. The van der Waals surface area contributed by atoms with Crippen molar-refractivity contribution in [3.63, 3.8) is 0 Å². The lowest BCUT2D eigenvalue weighted by molar-refractivity contribution is 0.0587. The first-order chi connectivity index (χ1) is 8.58. The van der Waals surface area contributed by atoms with E-state index in [1.54, 1.807) is 24.2 Å². The Balaban J connectivity index is 2.05. The van der Waals surface area contributed by atoms with Gasteiger partial charge in [-0.3, -0.25) is 9.78 Å². The molecule has 1 aromatic rings. The number of likely N-dealkylation sites (N-methyl/N-ethyl adjacent to an activating group) is 1. The van der Waals surface area contributed by atoms with Gasteiger partial charge in [0.15, 0.2) is 0 Å². The summed E-state index contributed by atoms with van der Waals surface area (Å²) in [5, 5.41) is 0. The average molecular weight is 249 g/mol. The first kappa shape index (κ1) is 12.8. The molecule has 2 heterocycles. The number of pyridine rings is 1. The zero-order valence-corrected chi connectivity index (χ0v) is 10.8. The molecule has 1 aliphatic heterocycles. The lowest BCUT2D eigenvalue weighted by atomic mass is 10.1. The average Bonchev–Trinajstić information content (AvgIpc) is 2.81. The number of aromatic nitrogens is 1. The number of nitrogen functional groups attached to an aromatic ring is 1. The minimum absolute atomic E-state index is 0.101. The van der Waals surface area contributed by atoms with Crippen LogP contribution in [-0.4, -0.2) is 42.1 Å². The Bertz CT molecular complexity index is 442. The van der Waals surface area contributed by atoms with Crippen LogP contribution in [0.3, 0.4) is 0 Å². The van der Waals surface area contributed by atoms with Crippen molar-refractivity contribution in [2.75, 3.05) is 25.9 Å². The van der Waals surface area contributed by atoms with Gasteiger partial charge in [0.05, 0.1) is 11.7 Å². The molecule has 1 fully saturated rings. The highest BCUT2D eigenvalue weighted by molar-refractivity contribution is 5.98. The summed E-state index contributed by atoms with van der Waals surface area (Å²) in [5.74, 6) is -0.101. The maximum atomic E-state index is 12.2. The molecule has 5 nitrogen and oxygen atoms in total. The smallest absolute Gasteiger partial charge is 0.257 e. The van der Waals surface area contributed by atoms with Crippen LogP contribution in [-0.2, 0) is 4.74 Å². The Labute approximate surface area is 107 Å². The second-order valence-electron chi connectivity index (χ2n) is 4.73. The number of anilines is 1. The number of carbonyl (C=O) groups excluding carboxylic acids is 1. The van der Waals surface area contributed by atoms with Crippen molar-refractivity contribution < 1.29 is 9.53 Å². The van der Waals surface area contributed by atoms with Crippen LogP contribution >= 0.6 is 0 Å². The van der Waals surface area contributed by atoms with Gasteiger partial charge in [0.2, 0.25) is 0 Å². The number of rotatable bonds is 3. The van der Waals surface area contributed by atoms with Crippen molar-refractivity contribution in [2.45, 2.75) is 25.9 Å². The molecule has 5 heteroatoms. The van der Waals surface area contributed by atoms with E-state index in [2.05, 4.69) is 4.98 Å². The standard InChI is InChI=1S/C13H19N3O2/c1-9-6-12(14)11(7-15-9)13(17)16(2)8-10-4-3-5-18-10/h6-7,10H,3-5,8H2,1-2H3,(H2,14,15). The summed E-state index contributed by atoms with van der Waals surface area (Å²) in [6.07, 6.45) is 3.78. The first-order valence-electron chi connectivity index (χ1n) is 6.17. The highest BCUT2D eigenvalue weighted by atomic mass is 16.5. The summed E-state index contributed by atoms with van der Waals surface area (Å²) < 4.78 is 5.52. The third kappa shape index (κ3) is 2.79. The number of hydrogen-bond donors (Lipinski definition) is 1. The van der Waals surface area contributed by atoms with E-state index in [1.807, 2.05) is 6.92 Å². The molecular formula is C13H19N3O2. The highest BCUT2D eigenvalue weighted by Gasteiger charge is 2.22. The van der Waals surface area contributed by atoms with Crippen molar-refractivity contribution >= 4 is 11.6 Å². The monoisotopic (exact) mass is 249 g/mol. The van der Waals surface area contributed by atoms with Gasteiger partial charge in [0.1, 0.15) is 0 Å². The lowest BCUT2D eigenvalue weighted by Gasteiger charge is -2.21. The largest absolute Gasteiger partial charge is 0.398 e. The molecule has 1 unspecified atom stereocenters. The Hall–Kier alpha value is -1.62. The molecule has 0 bridgehead atoms. The van der Waals surface area contributed by atoms with E-state index in [0.717, 1.165) is 25.1 Å². The Morgan fingerprint density at radius 3 is 3.06 bits per heavy atom. The second kappa shape index (κ2) is 5.35. The molecule has 1 amide bonds. The molecule has 1 aliphatic rings. The van der Waals surface area contributed by atoms with Crippen molar-refractivity contribution in [3.8, 4) is 0 Å². The van der Waals surface area contributed by atoms with Gasteiger partial charge >= 0.3 is 0 Å². The van der Waals surface area contributed by atoms with Gasteiger partial charge in [0.25, 0.3) is 5.91 Å². The summed E-state index contributed by atoms with van der Waals surface area (Å²) in [5.41, 5.74) is 7.60.